The van der Waals surface area contributed by atoms with Crippen molar-refractivity contribution in [3.63, 3.8) is 0 Å². The van der Waals surface area contributed by atoms with Gasteiger partial charge in [0.25, 0.3) is 0 Å². The number of Topliss-reactive ketones (excluding diaryl/α,β-unsaturated/α-hetero) is 1. The number of benzene rings is 1. The van der Waals surface area contributed by atoms with E-state index in [1.165, 1.54) is 30.3 Å². The standard InChI is InChI=1S/C14H15FO2/c1-11(16)5-3-2-4-6-14(17)12-7-9-13(15)10-8-12/h4,6-10H,2-3,5H2,1H3/b6-4+. The summed E-state index contributed by atoms with van der Waals surface area (Å²) in [5.74, 6) is -0.344. The van der Waals surface area contributed by atoms with E-state index >= 15 is 0 Å². The molecule has 3 heteroatoms. The maximum Gasteiger partial charge on any atom is 0.185 e. The van der Waals surface area contributed by atoms with E-state index in [4.69, 9.17) is 0 Å². The highest BCUT2D eigenvalue weighted by atomic mass is 19.1. The van der Waals surface area contributed by atoms with Crippen molar-refractivity contribution < 1.29 is 14.0 Å². The fourth-order valence-corrected chi connectivity index (χ4v) is 1.37. The van der Waals surface area contributed by atoms with E-state index in [9.17, 15) is 14.0 Å². The Balaban J connectivity index is 2.41. The maximum absolute atomic E-state index is 12.6. The average Bonchev–Trinajstić information content (AvgIpc) is 2.29. The Bertz CT molecular complexity index is 418. The highest BCUT2D eigenvalue weighted by Crippen LogP contribution is 2.05. The van der Waals surface area contributed by atoms with Crippen LogP contribution in [0.1, 0.15) is 36.5 Å². The van der Waals surface area contributed by atoms with Crippen LogP contribution < -0.4 is 0 Å². The predicted octanol–water partition coefficient (Wildman–Crippen LogP) is 3.32. The summed E-state index contributed by atoms with van der Waals surface area (Å²) in [5, 5.41) is 0. The normalized spacial score (nSPS) is 10.7. The number of hydrogen-bond donors (Lipinski definition) is 0. The summed E-state index contributed by atoms with van der Waals surface area (Å²) in [6.45, 7) is 1.55. The van der Waals surface area contributed by atoms with Crippen LogP contribution in [0.25, 0.3) is 0 Å². The van der Waals surface area contributed by atoms with Gasteiger partial charge < -0.3 is 4.79 Å². The molecular formula is C14H15FO2. The van der Waals surface area contributed by atoms with Crippen molar-refractivity contribution in [1.82, 2.24) is 0 Å². The highest BCUT2D eigenvalue weighted by molar-refractivity contribution is 6.04. The third-order valence-electron chi connectivity index (χ3n) is 2.30. The molecule has 0 unspecified atom stereocenters. The van der Waals surface area contributed by atoms with Crippen molar-refractivity contribution in [2.45, 2.75) is 26.2 Å². The molecule has 0 N–H and O–H groups in total. The van der Waals surface area contributed by atoms with Gasteiger partial charge in [-0.1, -0.05) is 6.08 Å². The minimum absolute atomic E-state index is 0.146. The number of hydrogen-bond acceptors (Lipinski definition) is 2. The van der Waals surface area contributed by atoms with E-state index in [-0.39, 0.29) is 17.4 Å². The molecule has 0 spiro atoms. The molecule has 0 bridgehead atoms. The van der Waals surface area contributed by atoms with Crippen molar-refractivity contribution in [2.75, 3.05) is 0 Å². The molecule has 0 fully saturated rings. The van der Waals surface area contributed by atoms with Crippen LogP contribution in [-0.4, -0.2) is 11.6 Å². The van der Waals surface area contributed by atoms with Gasteiger partial charge >= 0.3 is 0 Å². The van der Waals surface area contributed by atoms with Crippen LogP contribution in [-0.2, 0) is 4.79 Å². The molecule has 0 atom stereocenters. The Labute approximate surface area is 100 Å². The lowest BCUT2D eigenvalue weighted by Gasteiger charge is -1.95. The van der Waals surface area contributed by atoms with Crippen LogP contribution in [0.15, 0.2) is 36.4 Å². The molecule has 17 heavy (non-hydrogen) atoms. The Hall–Kier alpha value is -1.77. The zero-order chi connectivity index (χ0) is 12.7. The molecule has 0 aliphatic carbocycles. The van der Waals surface area contributed by atoms with Gasteiger partial charge in [0.2, 0.25) is 0 Å². The summed E-state index contributed by atoms with van der Waals surface area (Å²) in [6, 6.07) is 5.43. The van der Waals surface area contributed by atoms with Crippen molar-refractivity contribution in [2.24, 2.45) is 0 Å². The highest BCUT2D eigenvalue weighted by Gasteiger charge is 2.00. The Morgan fingerprint density at radius 3 is 2.47 bits per heavy atom. The Kier molecular flexibility index (Phi) is 5.27. The Morgan fingerprint density at radius 1 is 1.24 bits per heavy atom. The zero-order valence-electron chi connectivity index (χ0n) is 9.78. The molecule has 0 saturated carbocycles. The number of rotatable bonds is 6. The molecular weight excluding hydrogens is 219 g/mol. The van der Waals surface area contributed by atoms with Crippen LogP contribution in [0.5, 0.6) is 0 Å². The molecule has 2 nitrogen and oxygen atoms in total. The first-order valence-electron chi connectivity index (χ1n) is 5.55. The number of ketones is 2. The molecule has 1 aromatic rings. The lowest BCUT2D eigenvalue weighted by molar-refractivity contribution is -0.117. The average molecular weight is 234 g/mol. The molecule has 0 aliphatic rings. The largest absolute Gasteiger partial charge is 0.300 e. The third kappa shape index (κ3) is 5.20. The first-order chi connectivity index (χ1) is 8.09. The van der Waals surface area contributed by atoms with Crippen LogP contribution in [0, 0.1) is 5.82 Å². The summed E-state index contributed by atoms with van der Waals surface area (Å²) in [5.41, 5.74) is 0.467. The number of halogens is 1. The second-order valence-electron chi connectivity index (χ2n) is 3.87. The minimum Gasteiger partial charge on any atom is -0.300 e. The lowest BCUT2D eigenvalue weighted by Crippen LogP contribution is -1.94. The summed E-state index contributed by atoms with van der Waals surface area (Å²) in [6.07, 6.45) is 5.20. The SMILES string of the molecule is CC(=O)CCC/C=C/C(=O)c1ccc(F)cc1. The molecule has 1 rings (SSSR count). The van der Waals surface area contributed by atoms with Crippen molar-refractivity contribution in [1.29, 1.82) is 0 Å². The quantitative estimate of drug-likeness (QED) is 0.430. The van der Waals surface area contributed by atoms with Gasteiger partial charge in [-0.2, -0.15) is 0 Å². The molecule has 0 saturated heterocycles. The van der Waals surface area contributed by atoms with Crippen LogP contribution >= 0.6 is 0 Å². The molecule has 0 aromatic heterocycles. The van der Waals surface area contributed by atoms with E-state index in [0.29, 0.717) is 18.4 Å². The summed E-state index contributed by atoms with van der Waals surface area (Å²) >= 11 is 0. The number of carbonyl (C=O) groups is 2. The lowest BCUT2D eigenvalue weighted by atomic mass is 10.1. The fourth-order valence-electron chi connectivity index (χ4n) is 1.37. The first kappa shape index (κ1) is 13.3. The Morgan fingerprint density at radius 2 is 1.88 bits per heavy atom. The topological polar surface area (TPSA) is 34.1 Å². The zero-order valence-corrected chi connectivity index (χ0v) is 9.78. The molecule has 0 heterocycles. The van der Waals surface area contributed by atoms with E-state index in [1.807, 2.05) is 0 Å². The molecule has 0 amide bonds. The van der Waals surface area contributed by atoms with Crippen molar-refractivity contribution in [3.05, 3.63) is 47.8 Å². The predicted molar refractivity (Wildman–Crippen MR) is 64.4 cm³/mol. The number of unbranched alkanes of at least 4 members (excludes halogenated alkanes) is 1. The maximum atomic E-state index is 12.6. The van der Waals surface area contributed by atoms with Gasteiger partial charge in [-0.05, 0) is 50.1 Å². The third-order valence-corrected chi connectivity index (χ3v) is 2.30. The van der Waals surface area contributed by atoms with Gasteiger partial charge in [0.05, 0.1) is 0 Å². The number of allylic oxidation sites excluding steroid dienone is 2. The van der Waals surface area contributed by atoms with Crippen LogP contribution in [0.3, 0.4) is 0 Å². The summed E-state index contributed by atoms with van der Waals surface area (Å²) < 4.78 is 12.6. The number of carbonyl (C=O) groups excluding carboxylic acids is 2. The van der Waals surface area contributed by atoms with Crippen LogP contribution in [0.4, 0.5) is 4.39 Å². The van der Waals surface area contributed by atoms with Gasteiger partial charge in [0.15, 0.2) is 5.78 Å². The van der Waals surface area contributed by atoms with Crippen molar-refractivity contribution >= 4 is 11.6 Å². The molecule has 90 valence electrons. The van der Waals surface area contributed by atoms with Gasteiger partial charge in [0.1, 0.15) is 11.6 Å². The monoisotopic (exact) mass is 234 g/mol. The van der Waals surface area contributed by atoms with Gasteiger partial charge in [-0.15, -0.1) is 0 Å². The van der Waals surface area contributed by atoms with E-state index in [1.54, 1.807) is 13.0 Å². The molecule has 0 radical (unpaired) electrons. The summed E-state index contributed by atoms with van der Waals surface area (Å²) in [4.78, 5) is 22.2. The molecule has 1 aromatic carbocycles. The van der Waals surface area contributed by atoms with Crippen LogP contribution in [0.2, 0.25) is 0 Å². The fraction of sp³-hybridized carbons (Fsp3) is 0.286. The van der Waals surface area contributed by atoms with E-state index < -0.39 is 0 Å². The van der Waals surface area contributed by atoms with Gasteiger partial charge in [0, 0.05) is 12.0 Å². The van der Waals surface area contributed by atoms with E-state index in [0.717, 1.165) is 6.42 Å². The first-order valence-corrected chi connectivity index (χ1v) is 5.55. The van der Waals surface area contributed by atoms with E-state index in [2.05, 4.69) is 0 Å². The minimum atomic E-state index is -0.355. The van der Waals surface area contributed by atoms with Gasteiger partial charge in [-0.25, -0.2) is 4.39 Å². The summed E-state index contributed by atoms with van der Waals surface area (Å²) in [7, 11) is 0. The molecule has 0 aliphatic heterocycles. The smallest absolute Gasteiger partial charge is 0.185 e. The second-order valence-corrected chi connectivity index (χ2v) is 3.87. The van der Waals surface area contributed by atoms with Crippen molar-refractivity contribution in [3.8, 4) is 0 Å². The van der Waals surface area contributed by atoms with Gasteiger partial charge in [-0.3, -0.25) is 4.79 Å². The second kappa shape index (κ2) is 6.74.